The summed E-state index contributed by atoms with van der Waals surface area (Å²) in [6, 6.07) is 3.49. The van der Waals surface area contributed by atoms with Gasteiger partial charge in [-0.05, 0) is 25.0 Å². The molecular formula is C15H18N4O2. The van der Waals surface area contributed by atoms with Gasteiger partial charge in [0.1, 0.15) is 0 Å². The van der Waals surface area contributed by atoms with Gasteiger partial charge in [0, 0.05) is 43.4 Å². The van der Waals surface area contributed by atoms with E-state index < -0.39 is 0 Å². The SMILES string of the molecule is CCc1nc(C2CCCN(C(=O)c3ccncc3)C2)no1. The molecule has 1 amide bonds. The van der Waals surface area contributed by atoms with Crippen molar-refractivity contribution >= 4 is 5.91 Å². The second-order valence-electron chi connectivity index (χ2n) is 5.23. The van der Waals surface area contributed by atoms with Crippen molar-refractivity contribution in [1.29, 1.82) is 0 Å². The Labute approximate surface area is 123 Å². The minimum atomic E-state index is 0.0429. The van der Waals surface area contributed by atoms with Crippen LogP contribution in [-0.2, 0) is 6.42 Å². The zero-order chi connectivity index (χ0) is 14.7. The van der Waals surface area contributed by atoms with Crippen molar-refractivity contribution in [2.45, 2.75) is 32.1 Å². The van der Waals surface area contributed by atoms with Gasteiger partial charge in [0.15, 0.2) is 5.82 Å². The lowest BCUT2D eigenvalue weighted by Gasteiger charge is -2.31. The maximum atomic E-state index is 12.5. The van der Waals surface area contributed by atoms with Crippen LogP contribution in [0.3, 0.4) is 0 Å². The number of aryl methyl sites for hydroxylation is 1. The Morgan fingerprint density at radius 2 is 2.24 bits per heavy atom. The van der Waals surface area contributed by atoms with E-state index in [4.69, 9.17) is 4.52 Å². The van der Waals surface area contributed by atoms with Crippen molar-refractivity contribution in [3.63, 3.8) is 0 Å². The first-order chi connectivity index (χ1) is 10.3. The zero-order valence-corrected chi connectivity index (χ0v) is 12.0. The van der Waals surface area contributed by atoms with Gasteiger partial charge in [-0.15, -0.1) is 0 Å². The third-order valence-corrected chi connectivity index (χ3v) is 3.79. The third-order valence-electron chi connectivity index (χ3n) is 3.79. The van der Waals surface area contributed by atoms with Crippen LogP contribution < -0.4 is 0 Å². The number of carbonyl (C=O) groups excluding carboxylic acids is 1. The topological polar surface area (TPSA) is 72.1 Å². The number of piperidine rings is 1. The van der Waals surface area contributed by atoms with E-state index in [1.807, 2.05) is 11.8 Å². The summed E-state index contributed by atoms with van der Waals surface area (Å²) in [7, 11) is 0. The minimum Gasteiger partial charge on any atom is -0.339 e. The molecule has 1 unspecified atom stereocenters. The average Bonchev–Trinajstić information content (AvgIpc) is 3.04. The number of pyridine rings is 1. The van der Waals surface area contributed by atoms with Crippen LogP contribution in [0.15, 0.2) is 29.0 Å². The first-order valence-electron chi connectivity index (χ1n) is 7.29. The number of hydrogen-bond donors (Lipinski definition) is 0. The smallest absolute Gasteiger partial charge is 0.253 e. The number of carbonyl (C=O) groups is 1. The number of likely N-dealkylation sites (tertiary alicyclic amines) is 1. The first-order valence-corrected chi connectivity index (χ1v) is 7.29. The normalized spacial score (nSPS) is 18.7. The van der Waals surface area contributed by atoms with E-state index in [0.717, 1.165) is 31.6 Å². The highest BCUT2D eigenvalue weighted by molar-refractivity contribution is 5.94. The molecule has 2 aromatic rings. The predicted molar refractivity (Wildman–Crippen MR) is 75.8 cm³/mol. The molecule has 110 valence electrons. The number of amides is 1. The molecule has 1 aliphatic rings. The Morgan fingerprint density at radius 1 is 1.43 bits per heavy atom. The highest BCUT2D eigenvalue weighted by Gasteiger charge is 2.28. The molecule has 0 spiro atoms. The van der Waals surface area contributed by atoms with Gasteiger partial charge in [-0.1, -0.05) is 12.1 Å². The molecule has 0 saturated carbocycles. The second-order valence-corrected chi connectivity index (χ2v) is 5.23. The fourth-order valence-corrected chi connectivity index (χ4v) is 2.63. The summed E-state index contributed by atoms with van der Waals surface area (Å²) in [5.41, 5.74) is 0.674. The Hall–Kier alpha value is -2.24. The molecule has 3 heterocycles. The summed E-state index contributed by atoms with van der Waals surface area (Å²) < 4.78 is 5.17. The average molecular weight is 286 g/mol. The van der Waals surface area contributed by atoms with Gasteiger partial charge in [-0.3, -0.25) is 9.78 Å². The van der Waals surface area contributed by atoms with Crippen LogP contribution in [0, 0.1) is 0 Å². The molecule has 1 fully saturated rings. The van der Waals surface area contributed by atoms with Gasteiger partial charge < -0.3 is 9.42 Å². The highest BCUT2D eigenvalue weighted by atomic mass is 16.5. The molecule has 6 nitrogen and oxygen atoms in total. The number of hydrogen-bond acceptors (Lipinski definition) is 5. The minimum absolute atomic E-state index is 0.0429. The maximum absolute atomic E-state index is 12.5. The lowest BCUT2D eigenvalue weighted by Crippen LogP contribution is -2.39. The molecule has 3 rings (SSSR count). The molecule has 1 aliphatic heterocycles. The van der Waals surface area contributed by atoms with Gasteiger partial charge in [-0.2, -0.15) is 4.98 Å². The molecule has 0 bridgehead atoms. The molecule has 0 aliphatic carbocycles. The zero-order valence-electron chi connectivity index (χ0n) is 12.0. The molecule has 0 N–H and O–H groups in total. The molecule has 1 saturated heterocycles. The lowest BCUT2D eigenvalue weighted by molar-refractivity contribution is 0.0703. The van der Waals surface area contributed by atoms with Gasteiger partial charge in [0.05, 0.1) is 0 Å². The number of nitrogens with zero attached hydrogens (tertiary/aromatic N) is 4. The van der Waals surface area contributed by atoms with Crippen molar-refractivity contribution in [3.8, 4) is 0 Å². The summed E-state index contributed by atoms with van der Waals surface area (Å²) in [5.74, 6) is 1.58. The van der Waals surface area contributed by atoms with E-state index in [1.54, 1.807) is 24.5 Å². The van der Waals surface area contributed by atoms with E-state index in [0.29, 0.717) is 18.0 Å². The Balaban J connectivity index is 1.72. The number of aromatic nitrogens is 3. The fourth-order valence-electron chi connectivity index (χ4n) is 2.63. The van der Waals surface area contributed by atoms with Crippen LogP contribution in [-0.4, -0.2) is 39.0 Å². The Kier molecular flexibility index (Phi) is 3.94. The van der Waals surface area contributed by atoms with Crippen LogP contribution in [0.2, 0.25) is 0 Å². The van der Waals surface area contributed by atoms with Crippen LogP contribution in [0.5, 0.6) is 0 Å². The molecule has 1 atom stereocenters. The standard InChI is InChI=1S/C15H18N4O2/c1-2-13-17-14(18-21-13)12-4-3-9-19(10-12)15(20)11-5-7-16-8-6-11/h5-8,12H,2-4,9-10H2,1H3. The Bertz CT molecular complexity index is 611. The Morgan fingerprint density at radius 3 is 2.95 bits per heavy atom. The van der Waals surface area contributed by atoms with Crippen LogP contribution >= 0.6 is 0 Å². The van der Waals surface area contributed by atoms with Gasteiger partial charge in [0.25, 0.3) is 5.91 Å². The second kappa shape index (κ2) is 6.03. The van der Waals surface area contributed by atoms with E-state index in [2.05, 4.69) is 15.1 Å². The van der Waals surface area contributed by atoms with Crippen LogP contribution in [0.1, 0.15) is 47.8 Å². The summed E-state index contributed by atoms with van der Waals surface area (Å²) in [6.45, 7) is 3.40. The molecule has 0 aromatic carbocycles. The molecule has 6 heteroatoms. The van der Waals surface area contributed by atoms with E-state index in [9.17, 15) is 4.79 Å². The van der Waals surface area contributed by atoms with E-state index in [-0.39, 0.29) is 11.8 Å². The lowest BCUT2D eigenvalue weighted by atomic mass is 9.97. The van der Waals surface area contributed by atoms with Crippen molar-refractivity contribution < 1.29 is 9.32 Å². The molecule has 0 radical (unpaired) electrons. The van der Waals surface area contributed by atoms with Crippen molar-refractivity contribution in [1.82, 2.24) is 20.0 Å². The van der Waals surface area contributed by atoms with Crippen molar-refractivity contribution in [3.05, 3.63) is 41.8 Å². The summed E-state index contributed by atoms with van der Waals surface area (Å²) in [5, 5.41) is 4.04. The first kappa shape index (κ1) is 13.7. The maximum Gasteiger partial charge on any atom is 0.253 e. The summed E-state index contributed by atoms with van der Waals surface area (Å²) in [4.78, 5) is 22.7. The monoisotopic (exact) mass is 286 g/mol. The predicted octanol–water partition coefficient (Wildman–Crippen LogP) is 2.05. The van der Waals surface area contributed by atoms with Gasteiger partial charge in [-0.25, -0.2) is 0 Å². The highest BCUT2D eigenvalue weighted by Crippen LogP contribution is 2.25. The largest absolute Gasteiger partial charge is 0.339 e. The third kappa shape index (κ3) is 2.94. The molecule has 21 heavy (non-hydrogen) atoms. The van der Waals surface area contributed by atoms with Crippen LogP contribution in [0.25, 0.3) is 0 Å². The summed E-state index contributed by atoms with van der Waals surface area (Å²) >= 11 is 0. The van der Waals surface area contributed by atoms with Crippen molar-refractivity contribution in [2.24, 2.45) is 0 Å². The quantitative estimate of drug-likeness (QED) is 0.863. The van der Waals surface area contributed by atoms with Gasteiger partial charge >= 0.3 is 0 Å². The van der Waals surface area contributed by atoms with Crippen molar-refractivity contribution in [2.75, 3.05) is 13.1 Å². The molecular weight excluding hydrogens is 268 g/mol. The number of rotatable bonds is 3. The molecule has 2 aromatic heterocycles. The van der Waals surface area contributed by atoms with E-state index >= 15 is 0 Å². The fraction of sp³-hybridized carbons (Fsp3) is 0.467. The van der Waals surface area contributed by atoms with Crippen LogP contribution in [0.4, 0.5) is 0 Å². The summed E-state index contributed by atoms with van der Waals surface area (Å²) in [6.07, 6.45) is 5.96. The van der Waals surface area contributed by atoms with E-state index in [1.165, 1.54) is 0 Å². The van der Waals surface area contributed by atoms with Gasteiger partial charge in [0.2, 0.25) is 5.89 Å².